The first-order chi connectivity index (χ1) is 9.90. The monoisotopic (exact) mass is 300 g/mol. The summed E-state index contributed by atoms with van der Waals surface area (Å²) in [6.45, 7) is 7.85. The van der Waals surface area contributed by atoms with Crippen LogP contribution in [0.25, 0.3) is 16.2 Å². The van der Waals surface area contributed by atoms with Gasteiger partial charge in [-0.15, -0.1) is 11.3 Å². The minimum atomic E-state index is -0.941. The fourth-order valence-electron chi connectivity index (χ4n) is 2.76. The molecule has 0 aliphatic carbocycles. The topological polar surface area (TPSA) is 54.6 Å². The molecule has 1 N–H and O–H groups in total. The van der Waals surface area contributed by atoms with Crippen LogP contribution in [-0.4, -0.2) is 20.5 Å². The number of carboxylic acid groups (broad SMARTS) is 1. The molecular formula is C16H16N2O2S. The number of carbonyl (C=O) groups is 1. The molecule has 0 radical (unpaired) electrons. The quantitative estimate of drug-likeness (QED) is 0.778. The molecule has 0 amide bonds. The molecule has 0 spiro atoms. The number of benzene rings is 1. The number of aromatic nitrogens is 2. The summed E-state index contributed by atoms with van der Waals surface area (Å²) in [7, 11) is 0. The second-order valence-corrected chi connectivity index (χ2v) is 6.48. The van der Waals surface area contributed by atoms with E-state index in [9.17, 15) is 9.90 Å². The van der Waals surface area contributed by atoms with Crippen molar-refractivity contribution in [2.45, 2.75) is 27.7 Å². The summed E-state index contributed by atoms with van der Waals surface area (Å²) in [5.74, 6) is -0.941. The average Bonchev–Trinajstić information content (AvgIpc) is 2.83. The summed E-state index contributed by atoms with van der Waals surface area (Å²) in [5.41, 5.74) is 5.14. The average molecular weight is 300 g/mol. The van der Waals surface area contributed by atoms with Crippen molar-refractivity contribution in [2.75, 3.05) is 0 Å². The minimum absolute atomic E-state index is 0.254. The Bertz CT molecular complexity index is 874. The van der Waals surface area contributed by atoms with Gasteiger partial charge in [-0.3, -0.25) is 4.40 Å². The highest BCUT2D eigenvalue weighted by Crippen LogP contribution is 2.35. The van der Waals surface area contributed by atoms with Crippen molar-refractivity contribution in [3.05, 3.63) is 45.6 Å². The van der Waals surface area contributed by atoms with Crippen LogP contribution in [0.2, 0.25) is 0 Å². The van der Waals surface area contributed by atoms with Gasteiger partial charge in [0.2, 0.25) is 0 Å². The van der Waals surface area contributed by atoms with Crippen molar-refractivity contribution in [3.8, 4) is 11.3 Å². The van der Waals surface area contributed by atoms with E-state index in [-0.39, 0.29) is 5.69 Å². The molecule has 3 rings (SSSR count). The molecule has 3 aromatic rings. The Morgan fingerprint density at radius 2 is 1.95 bits per heavy atom. The lowest BCUT2D eigenvalue weighted by Gasteiger charge is -2.09. The lowest BCUT2D eigenvalue weighted by atomic mass is 10.0. The molecule has 0 bridgehead atoms. The second-order valence-electron chi connectivity index (χ2n) is 5.29. The SMILES string of the molecule is Cc1ccc(-c2c(C)sc3nc(C)c(C(=O)O)n23)c(C)c1. The first-order valence-corrected chi connectivity index (χ1v) is 7.51. The van der Waals surface area contributed by atoms with Crippen LogP contribution in [0.1, 0.15) is 32.2 Å². The summed E-state index contributed by atoms with van der Waals surface area (Å²) in [6, 6.07) is 6.22. The number of thiazole rings is 1. The molecule has 4 nitrogen and oxygen atoms in total. The van der Waals surface area contributed by atoms with Gasteiger partial charge in [-0.2, -0.15) is 0 Å². The van der Waals surface area contributed by atoms with Crippen LogP contribution in [0, 0.1) is 27.7 Å². The molecule has 5 heteroatoms. The van der Waals surface area contributed by atoms with Crippen molar-refractivity contribution >= 4 is 22.3 Å². The number of imidazole rings is 1. The van der Waals surface area contributed by atoms with E-state index in [4.69, 9.17) is 0 Å². The largest absolute Gasteiger partial charge is 0.477 e. The van der Waals surface area contributed by atoms with E-state index < -0.39 is 5.97 Å². The number of carboxylic acids is 1. The van der Waals surface area contributed by atoms with Crippen LogP contribution < -0.4 is 0 Å². The highest BCUT2D eigenvalue weighted by molar-refractivity contribution is 7.17. The fourth-order valence-corrected chi connectivity index (χ4v) is 3.79. The molecule has 0 unspecified atom stereocenters. The van der Waals surface area contributed by atoms with Gasteiger partial charge in [-0.1, -0.05) is 23.8 Å². The molecule has 0 atom stereocenters. The highest BCUT2D eigenvalue weighted by Gasteiger charge is 2.23. The van der Waals surface area contributed by atoms with Crippen molar-refractivity contribution in [1.29, 1.82) is 0 Å². The highest BCUT2D eigenvalue weighted by atomic mass is 32.1. The molecule has 0 aliphatic heterocycles. The zero-order chi connectivity index (χ0) is 15.3. The maximum atomic E-state index is 11.6. The number of hydrogen-bond donors (Lipinski definition) is 1. The maximum absolute atomic E-state index is 11.6. The lowest BCUT2D eigenvalue weighted by Crippen LogP contribution is -2.05. The molecule has 108 valence electrons. The molecule has 0 fully saturated rings. The molecule has 1 aromatic carbocycles. The zero-order valence-electron chi connectivity index (χ0n) is 12.4. The first-order valence-electron chi connectivity index (χ1n) is 6.69. The van der Waals surface area contributed by atoms with E-state index >= 15 is 0 Å². The number of fused-ring (bicyclic) bond motifs is 1. The van der Waals surface area contributed by atoms with Gasteiger partial charge in [0, 0.05) is 10.4 Å². The van der Waals surface area contributed by atoms with E-state index in [1.807, 2.05) is 6.92 Å². The molecule has 21 heavy (non-hydrogen) atoms. The standard InChI is InChI=1S/C16H16N2O2S/c1-8-5-6-12(9(2)7-8)14-11(4)21-16-17-10(3)13(15(19)20)18(14)16/h5-7H,1-4H3,(H,19,20). The van der Waals surface area contributed by atoms with E-state index in [0.717, 1.165) is 26.7 Å². The van der Waals surface area contributed by atoms with Gasteiger partial charge < -0.3 is 5.11 Å². The van der Waals surface area contributed by atoms with Gasteiger partial charge >= 0.3 is 5.97 Å². The third kappa shape index (κ3) is 2.05. The predicted octanol–water partition coefficient (Wildman–Crippen LogP) is 3.99. The third-order valence-electron chi connectivity index (χ3n) is 3.66. The van der Waals surface area contributed by atoms with E-state index in [0.29, 0.717) is 5.69 Å². The summed E-state index contributed by atoms with van der Waals surface area (Å²) in [6.07, 6.45) is 0. The fraction of sp³-hybridized carbons (Fsp3) is 0.250. The van der Waals surface area contributed by atoms with E-state index in [2.05, 4.69) is 37.0 Å². The second kappa shape index (κ2) is 4.70. The van der Waals surface area contributed by atoms with E-state index in [1.54, 1.807) is 11.3 Å². The van der Waals surface area contributed by atoms with Crippen LogP contribution in [0.5, 0.6) is 0 Å². The smallest absolute Gasteiger partial charge is 0.354 e. The van der Waals surface area contributed by atoms with Gasteiger partial charge in [-0.05, 0) is 33.3 Å². The number of aryl methyl sites for hydroxylation is 4. The Morgan fingerprint density at radius 1 is 1.24 bits per heavy atom. The summed E-state index contributed by atoms with van der Waals surface area (Å²) < 4.78 is 1.77. The van der Waals surface area contributed by atoms with Crippen molar-refractivity contribution in [3.63, 3.8) is 0 Å². The summed E-state index contributed by atoms with van der Waals surface area (Å²) in [5, 5.41) is 9.49. The molecule has 2 aromatic heterocycles. The Balaban J connectivity index is 2.41. The number of nitrogens with zero attached hydrogens (tertiary/aromatic N) is 2. The first kappa shape index (κ1) is 13.8. The van der Waals surface area contributed by atoms with Crippen LogP contribution in [0.3, 0.4) is 0 Å². The molecule has 0 saturated carbocycles. The Hall–Kier alpha value is -2.14. The predicted molar refractivity (Wildman–Crippen MR) is 84.4 cm³/mol. The molecule has 0 saturated heterocycles. The summed E-state index contributed by atoms with van der Waals surface area (Å²) in [4.78, 5) is 17.8. The maximum Gasteiger partial charge on any atom is 0.354 e. The van der Waals surface area contributed by atoms with Crippen LogP contribution in [-0.2, 0) is 0 Å². The zero-order valence-corrected chi connectivity index (χ0v) is 13.2. The van der Waals surface area contributed by atoms with Crippen LogP contribution in [0.4, 0.5) is 0 Å². The molecular weight excluding hydrogens is 284 g/mol. The normalized spacial score (nSPS) is 11.2. The third-order valence-corrected chi connectivity index (χ3v) is 4.62. The molecule has 0 aliphatic rings. The van der Waals surface area contributed by atoms with Gasteiger partial charge in [-0.25, -0.2) is 9.78 Å². The lowest BCUT2D eigenvalue weighted by molar-refractivity contribution is 0.0688. The molecule has 2 heterocycles. The van der Waals surface area contributed by atoms with Crippen molar-refractivity contribution in [2.24, 2.45) is 0 Å². The minimum Gasteiger partial charge on any atom is -0.477 e. The summed E-state index contributed by atoms with van der Waals surface area (Å²) >= 11 is 1.53. The van der Waals surface area contributed by atoms with Gasteiger partial charge in [0.25, 0.3) is 0 Å². The van der Waals surface area contributed by atoms with Crippen molar-refractivity contribution in [1.82, 2.24) is 9.38 Å². The van der Waals surface area contributed by atoms with Gasteiger partial charge in [0.05, 0.1) is 11.4 Å². The number of hydrogen-bond acceptors (Lipinski definition) is 3. The Morgan fingerprint density at radius 3 is 2.57 bits per heavy atom. The number of rotatable bonds is 2. The Kier molecular flexibility index (Phi) is 3.10. The van der Waals surface area contributed by atoms with Crippen molar-refractivity contribution < 1.29 is 9.90 Å². The van der Waals surface area contributed by atoms with Gasteiger partial charge in [0.15, 0.2) is 10.7 Å². The van der Waals surface area contributed by atoms with Crippen LogP contribution in [0.15, 0.2) is 18.2 Å². The van der Waals surface area contributed by atoms with E-state index in [1.165, 1.54) is 16.9 Å². The van der Waals surface area contributed by atoms with Crippen LogP contribution >= 0.6 is 11.3 Å². The Labute approximate surface area is 126 Å². The van der Waals surface area contributed by atoms with Gasteiger partial charge in [0.1, 0.15) is 0 Å². The number of aromatic carboxylic acids is 1.